The predicted octanol–water partition coefficient (Wildman–Crippen LogP) is 1.15. The third-order valence-electron chi connectivity index (χ3n) is 12.1. The lowest BCUT2D eigenvalue weighted by molar-refractivity contribution is -0.172. The molecule has 0 aliphatic carbocycles. The molecule has 19 nitrogen and oxygen atoms in total. The Balaban J connectivity index is 1.52. The fraction of sp³-hybridized carbons (Fsp3) is 0.826. The Hall–Kier alpha value is -4.36. The van der Waals surface area contributed by atoms with Crippen LogP contribution in [0.1, 0.15) is 81.1 Å². The summed E-state index contributed by atoms with van der Waals surface area (Å²) in [5.41, 5.74) is -3.21. The molecule has 0 aromatic carbocycles. The first-order valence-electron chi connectivity index (χ1n) is 23.2. The fourth-order valence-corrected chi connectivity index (χ4v) is 8.57. The summed E-state index contributed by atoms with van der Waals surface area (Å²) >= 11 is 0. The van der Waals surface area contributed by atoms with Crippen molar-refractivity contribution in [3.05, 3.63) is 0 Å². The van der Waals surface area contributed by atoms with Crippen LogP contribution in [0.4, 0.5) is 0 Å². The van der Waals surface area contributed by atoms with Gasteiger partial charge in [-0.1, -0.05) is 55.4 Å². The van der Waals surface area contributed by atoms with E-state index in [9.17, 15) is 48.6 Å². The molecular formula is C46H74N4O15. The summed E-state index contributed by atoms with van der Waals surface area (Å²) in [5, 5.41) is 21.9. The molecule has 4 aliphatic rings. The second-order valence-corrected chi connectivity index (χ2v) is 20.6. The zero-order valence-corrected chi connectivity index (χ0v) is 39.8. The van der Waals surface area contributed by atoms with Crippen molar-refractivity contribution in [3.63, 3.8) is 0 Å². The smallest absolute Gasteiger partial charge is 0.311 e. The highest BCUT2D eigenvalue weighted by atomic mass is 16.6. The van der Waals surface area contributed by atoms with Crippen LogP contribution in [0, 0.1) is 58.2 Å². The number of nitrogens with zero attached hydrogens (tertiary/aromatic N) is 4. The van der Waals surface area contributed by atoms with Gasteiger partial charge in [0.25, 0.3) is 0 Å². The number of amides is 4. The number of aliphatic hydroxyl groups is 2. The number of esters is 4. The van der Waals surface area contributed by atoms with Crippen LogP contribution in [0.25, 0.3) is 0 Å². The van der Waals surface area contributed by atoms with Crippen LogP contribution in [0.5, 0.6) is 0 Å². The van der Waals surface area contributed by atoms with Gasteiger partial charge in [0.05, 0.1) is 60.9 Å². The van der Waals surface area contributed by atoms with Crippen LogP contribution in [0.3, 0.4) is 0 Å². The summed E-state index contributed by atoms with van der Waals surface area (Å²) in [4.78, 5) is 111. The molecule has 0 aromatic heterocycles. The molecule has 0 bridgehead atoms. The molecular weight excluding hydrogens is 849 g/mol. The van der Waals surface area contributed by atoms with Crippen molar-refractivity contribution >= 4 is 47.5 Å². The number of likely N-dealkylation sites (tertiary alicyclic amines) is 4. The third-order valence-corrected chi connectivity index (χ3v) is 12.1. The van der Waals surface area contributed by atoms with Crippen LogP contribution < -0.4 is 0 Å². The highest BCUT2D eigenvalue weighted by molar-refractivity contribution is 5.89. The molecule has 0 saturated carbocycles. The topological polar surface area (TPSA) is 236 Å². The summed E-state index contributed by atoms with van der Waals surface area (Å²) in [6, 6.07) is 0. The first-order valence-corrected chi connectivity index (χ1v) is 23.2. The minimum absolute atomic E-state index is 0.0578. The van der Waals surface area contributed by atoms with Crippen LogP contribution in [-0.2, 0) is 62.0 Å². The van der Waals surface area contributed by atoms with Crippen molar-refractivity contribution in [2.45, 2.75) is 81.1 Å². The molecule has 0 radical (unpaired) electrons. The summed E-state index contributed by atoms with van der Waals surface area (Å²) in [5.74, 6) is -5.95. The van der Waals surface area contributed by atoms with Crippen molar-refractivity contribution in [2.24, 2.45) is 58.2 Å². The molecule has 368 valence electrons. The fourth-order valence-electron chi connectivity index (χ4n) is 8.57. The Morgan fingerprint density at radius 3 is 0.846 bits per heavy atom. The maximum absolute atomic E-state index is 13.4. The molecule has 4 amide bonds. The summed E-state index contributed by atoms with van der Waals surface area (Å²) < 4.78 is 29.0. The van der Waals surface area contributed by atoms with E-state index in [1.807, 2.05) is 55.4 Å². The van der Waals surface area contributed by atoms with Gasteiger partial charge in [-0.05, 0) is 23.7 Å². The Bertz CT molecular complexity index is 1470. The molecule has 4 aliphatic heterocycles. The number of rotatable bonds is 26. The van der Waals surface area contributed by atoms with Gasteiger partial charge < -0.3 is 53.5 Å². The van der Waals surface area contributed by atoms with Gasteiger partial charge in [0, 0.05) is 78.0 Å². The van der Waals surface area contributed by atoms with E-state index in [2.05, 4.69) is 0 Å². The van der Waals surface area contributed by atoms with E-state index in [-0.39, 0.29) is 99.2 Å². The number of hydrogen-bond acceptors (Lipinski definition) is 15. The predicted molar refractivity (Wildman–Crippen MR) is 232 cm³/mol. The lowest BCUT2D eigenvalue weighted by Crippen LogP contribution is -2.47. The average Bonchev–Trinajstić information content (AvgIpc) is 4.00. The van der Waals surface area contributed by atoms with E-state index in [1.165, 1.54) is 0 Å². The van der Waals surface area contributed by atoms with Gasteiger partial charge >= 0.3 is 23.9 Å². The molecule has 4 heterocycles. The van der Waals surface area contributed by atoms with Gasteiger partial charge in [0.15, 0.2) is 0 Å². The number of ether oxygens (including phenoxy) is 5. The van der Waals surface area contributed by atoms with E-state index in [4.69, 9.17) is 23.7 Å². The molecule has 0 aromatic rings. The van der Waals surface area contributed by atoms with Gasteiger partial charge in [-0.25, -0.2) is 0 Å². The monoisotopic (exact) mass is 923 g/mol. The zero-order valence-electron chi connectivity index (χ0n) is 39.8. The second kappa shape index (κ2) is 23.9. The molecule has 4 unspecified atom stereocenters. The normalized spacial score (nSPS) is 23.4. The Morgan fingerprint density at radius 2 is 0.662 bits per heavy atom. The van der Waals surface area contributed by atoms with E-state index < -0.39 is 111 Å². The minimum atomic E-state index is -1.60. The molecule has 65 heavy (non-hydrogen) atoms. The highest BCUT2D eigenvalue weighted by Gasteiger charge is 2.44. The van der Waals surface area contributed by atoms with Crippen LogP contribution in [-0.4, -0.2) is 183 Å². The van der Waals surface area contributed by atoms with E-state index in [0.29, 0.717) is 26.2 Å². The Kier molecular flexibility index (Phi) is 19.6. The van der Waals surface area contributed by atoms with Gasteiger partial charge in [-0.3, -0.25) is 38.4 Å². The standard InChI is InChI=1S/C46H74N4O15/c1-29(2)13-47-17-33(9-37(47)53)41(57)62-25-45(21-51,26-63-42(58)34-10-38(54)48(18-34)14-30(3)4)23-61-24-46(22-52,27-64-43(59)35-11-39(55)49(19-35)15-31(5)6)28-65-44(60)36-12-40(56)50(20-36)16-32(7)8/h29-36,51-52H,9-28H2,1-8H3. The summed E-state index contributed by atoms with van der Waals surface area (Å²) in [6.07, 6.45) is -0.231. The van der Waals surface area contributed by atoms with E-state index >= 15 is 0 Å². The molecule has 4 rings (SSSR count). The van der Waals surface area contributed by atoms with Crippen LogP contribution in [0.2, 0.25) is 0 Å². The number of carbonyl (C=O) groups excluding carboxylic acids is 8. The van der Waals surface area contributed by atoms with Crippen molar-refractivity contribution < 1.29 is 72.3 Å². The Labute approximate surface area is 383 Å². The summed E-state index contributed by atoms with van der Waals surface area (Å²) in [7, 11) is 0. The molecule has 0 spiro atoms. The molecule has 19 heteroatoms. The first-order chi connectivity index (χ1) is 30.6. The lowest BCUT2D eigenvalue weighted by atomic mass is 9.90. The van der Waals surface area contributed by atoms with E-state index in [0.717, 1.165) is 0 Å². The molecule has 4 saturated heterocycles. The van der Waals surface area contributed by atoms with Gasteiger partial charge in [-0.2, -0.15) is 0 Å². The first kappa shape index (κ1) is 53.3. The second-order valence-electron chi connectivity index (χ2n) is 20.6. The van der Waals surface area contributed by atoms with Gasteiger partial charge in [0.2, 0.25) is 23.6 Å². The summed E-state index contributed by atoms with van der Waals surface area (Å²) in [6.45, 7) is 13.7. The average molecular weight is 923 g/mol. The van der Waals surface area contributed by atoms with Crippen molar-refractivity contribution in [1.29, 1.82) is 0 Å². The zero-order chi connectivity index (χ0) is 48.2. The van der Waals surface area contributed by atoms with Crippen molar-refractivity contribution in [2.75, 3.05) is 105 Å². The maximum Gasteiger partial charge on any atom is 0.311 e. The number of carbonyl (C=O) groups is 8. The number of hydrogen-bond donors (Lipinski definition) is 2. The quantitative estimate of drug-likeness (QED) is 0.0915. The third kappa shape index (κ3) is 15.3. The molecule has 4 atom stereocenters. The largest absolute Gasteiger partial charge is 0.464 e. The van der Waals surface area contributed by atoms with Crippen LogP contribution >= 0.6 is 0 Å². The van der Waals surface area contributed by atoms with Gasteiger partial charge in [-0.15, -0.1) is 0 Å². The Morgan fingerprint density at radius 1 is 0.446 bits per heavy atom. The van der Waals surface area contributed by atoms with E-state index in [1.54, 1.807) is 19.6 Å². The minimum Gasteiger partial charge on any atom is -0.464 e. The molecule has 4 fully saturated rings. The van der Waals surface area contributed by atoms with Crippen molar-refractivity contribution in [1.82, 2.24) is 19.6 Å². The molecule has 2 N–H and O–H groups in total. The maximum atomic E-state index is 13.4. The van der Waals surface area contributed by atoms with Crippen molar-refractivity contribution in [3.8, 4) is 0 Å². The number of aliphatic hydroxyl groups excluding tert-OH is 2. The highest BCUT2D eigenvalue weighted by Crippen LogP contribution is 2.30. The van der Waals surface area contributed by atoms with Gasteiger partial charge in [0.1, 0.15) is 26.4 Å². The SMILES string of the molecule is CC(C)CN1CC(C(=O)OCC(CO)(COCC(CO)(COC(=O)C2CC(=O)N(CC(C)C)C2)COC(=O)C2CC(=O)N(CC(C)C)C2)COC(=O)C2CC(=O)N(CC(C)C)C2)CC1=O. The van der Waals surface area contributed by atoms with Crippen LogP contribution in [0.15, 0.2) is 0 Å². The lowest BCUT2D eigenvalue weighted by Gasteiger charge is -2.35.